The van der Waals surface area contributed by atoms with Crippen molar-refractivity contribution in [3.05, 3.63) is 0 Å². The lowest BCUT2D eigenvalue weighted by Gasteiger charge is -2.04. The summed E-state index contributed by atoms with van der Waals surface area (Å²) < 4.78 is 0. The van der Waals surface area contributed by atoms with E-state index in [4.69, 9.17) is 11.0 Å². The minimum Gasteiger partial charge on any atom is -0.328 e. The standard InChI is InChI=1S/C7H11N3O/c8-4-10-7(11)5-1-2-6(9)3-5/h5-6H,1-3,9H2,(H,10,11). The number of hydrogen-bond acceptors (Lipinski definition) is 3. The molecule has 1 aliphatic carbocycles. The first-order chi connectivity index (χ1) is 5.24. The van der Waals surface area contributed by atoms with Gasteiger partial charge in [-0.3, -0.25) is 10.1 Å². The molecule has 0 aromatic heterocycles. The van der Waals surface area contributed by atoms with Gasteiger partial charge in [0, 0.05) is 12.0 Å². The van der Waals surface area contributed by atoms with E-state index in [1.54, 1.807) is 6.19 Å². The summed E-state index contributed by atoms with van der Waals surface area (Å²) in [5.74, 6) is -0.218. The first-order valence-corrected chi connectivity index (χ1v) is 3.68. The van der Waals surface area contributed by atoms with Crippen molar-refractivity contribution in [2.75, 3.05) is 0 Å². The summed E-state index contributed by atoms with van der Waals surface area (Å²) in [6.45, 7) is 0. The Morgan fingerprint density at radius 2 is 2.36 bits per heavy atom. The third-order valence-electron chi connectivity index (χ3n) is 2.02. The molecule has 2 atom stereocenters. The zero-order valence-corrected chi connectivity index (χ0v) is 6.21. The van der Waals surface area contributed by atoms with E-state index in [1.165, 1.54) is 0 Å². The Morgan fingerprint density at radius 3 is 2.82 bits per heavy atom. The molecule has 0 aromatic rings. The summed E-state index contributed by atoms with van der Waals surface area (Å²) in [6.07, 6.45) is 4.04. The monoisotopic (exact) mass is 153 g/mol. The fraction of sp³-hybridized carbons (Fsp3) is 0.714. The van der Waals surface area contributed by atoms with E-state index in [1.807, 2.05) is 0 Å². The highest BCUT2D eigenvalue weighted by Gasteiger charge is 2.27. The van der Waals surface area contributed by atoms with Crippen LogP contribution < -0.4 is 11.1 Å². The molecule has 1 fully saturated rings. The zero-order valence-electron chi connectivity index (χ0n) is 6.21. The number of hydrogen-bond donors (Lipinski definition) is 2. The largest absolute Gasteiger partial charge is 0.328 e. The average Bonchev–Trinajstić information content (AvgIpc) is 2.36. The summed E-state index contributed by atoms with van der Waals surface area (Å²) in [5.41, 5.74) is 5.60. The van der Waals surface area contributed by atoms with Gasteiger partial charge in [0.15, 0.2) is 6.19 Å². The van der Waals surface area contributed by atoms with Crippen LogP contribution in [0.15, 0.2) is 0 Å². The fourth-order valence-corrected chi connectivity index (χ4v) is 1.41. The quantitative estimate of drug-likeness (QED) is 0.401. The van der Waals surface area contributed by atoms with Crippen LogP contribution in [0.1, 0.15) is 19.3 Å². The van der Waals surface area contributed by atoms with Gasteiger partial charge in [0.2, 0.25) is 5.91 Å². The number of nitrogens with one attached hydrogen (secondary N) is 1. The molecule has 0 aliphatic heterocycles. The smallest absolute Gasteiger partial charge is 0.236 e. The number of amides is 1. The maximum Gasteiger partial charge on any atom is 0.236 e. The van der Waals surface area contributed by atoms with Crippen LogP contribution in [0.2, 0.25) is 0 Å². The third-order valence-corrected chi connectivity index (χ3v) is 2.02. The molecule has 0 radical (unpaired) electrons. The highest BCUT2D eigenvalue weighted by atomic mass is 16.1. The second-order valence-electron chi connectivity index (χ2n) is 2.87. The van der Waals surface area contributed by atoms with Gasteiger partial charge in [-0.15, -0.1) is 0 Å². The Balaban J connectivity index is 2.38. The number of rotatable bonds is 1. The second-order valence-corrected chi connectivity index (χ2v) is 2.87. The Labute approximate surface area is 65.4 Å². The van der Waals surface area contributed by atoms with Crippen LogP contribution >= 0.6 is 0 Å². The van der Waals surface area contributed by atoms with Crippen molar-refractivity contribution in [2.24, 2.45) is 11.7 Å². The molecular weight excluding hydrogens is 142 g/mol. The highest BCUT2D eigenvalue weighted by Crippen LogP contribution is 2.23. The van der Waals surface area contributed by atoms with Crippen LogP contribution in [0.25, 0.3) is 0 Å². The molecule has 0 aromatic carbocycles. The second kappa shape index (κ2) is 3.35. The van der Waals surface area contributed by atoms with Gasteiger partial charge < -0.3 is 5.73 Å². The lowest BCUT2D eigenvalue weighted by molar-refractivity contribution is -0.123. The van der Waals surface area contributed by atoms with Crippen molar-refractivity contribution in [3.8, 4) is 6.19 Å². The van der Waals surface area contributed by atoms with Gasteiger partial charge in [0.1, 0.15) is 0 Å². The van der Waals surface area contributed by atoms with Crippen molar-refractivity contribution < 1.29 is 4.79 Å². The molecule has 1 amide bonds. The molecule has 1 saturated carbocycles. The Morgan fingerprint density at radius 1 is 1.64 bits per heavy atom. The maximum atomic E-state index is 11.0. The summed E-state index contributed by atoms with van der Waals surface area (Å²) in [5, 5.41) is 10.3. The van der Waals surface area contributed by atoms with Gasteiger partial charge in [0.25, 0.3) is 0 Å². The van der Waals surface area contributed by atoms with E-state index >= 15 is 0 Å². The minimum atomic E-state index is -0.180. The highest BCUT2D eigenvalue weighted by molar-refractivity contribution is 5.80. The molecule has 3 N–H and O–H groups in total. The number of carbonyl (C=O) groups excluding carboxylic acids is 1. The van der Waals surface area contributed by atoms with Crippen LogP contribution in [0.4, 0.5) is 0 Å². The number of nitrogens with zero attached hydrogens (tertiary/aromatic N) is 1. The number of carbonyl (C=O) groups is 1. The zero-order chi connectivity index (χ0) is 8.27. The molecule has 1 aliphatic rings. The summed E-state index contributed by atoms with van der Waals surface area (Å²) in [7, 11) is 0. The lowest BCUT2D eigenvalue weighted by Crippen LogP contribution is -2.26. The first-order valence-electron chi connectivity index (χ1n) is 3.68. The van der Waals surface area contributed by atoms with E-state index in [2.05, 4.69) is 5.32 Å². The van der Waals surface area contributed by atoms with Gasteiger partial charge in [-0.2, -0.15) is 5.26 Å². The van der Waals surface area contributed by atoms with Gasteiger partial charge in [0.05, 0.1) is 0 Å². The van der Waals surface area contributed by atoms with E-state index in [0.29, 0.717) is 6.42 Å². The van der Waals surface area contributed by atoms with Gasteiger partial charge in [-0.1, -0.05) is 0 Å². The minimum absolute atomic E-state index is 0.0374. The van der Waals surface area contributed by atoms with Crippen LogP contribution in [-0.4, -0.2) is 11.9 Å². The number of nitrogens with two attached hydrogens (primary N) is 1. The van der Waals surface area contributed by atoms with Crippen LogP contribution in [-0.2, 0) is 4.79 Å². The molecule has 1 rings (SSSR count). The normalized spacial score (nSPS) is 29.5. The molecule has 0 heterocycles. The van der Waals surface area contributed by atoms with Crippen LogP contribution in [0, 0.1) is 17.4 Å². The molecule has 11 heavy (non-hydrogen) atoms. The molecule has 4 heteroatoms. The summed E-state index contributed by atoms with van der Waals surface area (Å²) >= 11 is 0. The van der Waals surface area contributed by atoms with E-state index in [9.17, 15) is 4.79 Å². The SMILES string of the molecule is N#CNC(=O)C1CCC(N)C1. The summed E-state index contributed by atoms with van der Waals surface area (Å²) in [6, 6.07) is 0.143. The van der Waals surface area contributed by atoms with Crippen molar-refractivity contribution >= 4 is 5.91 Å². The van der Waals surface area contributed by atoms with Gasteiger partial charge >= 0.3 is 0 Å². The van der Waals surface area contributed by atoms with E-state index in [-0.39, 0.29) is 17.9 Å². The van der Waals surface area contributed by atoms with E-state index in [0.717, 1.165) is 12.8 Å². The third kappa shape index (κ3) is 1.92. The fourth-order valence-electron chi connectivity index (χ4n) is 1.41. The van der Waals surface area contributed by atoms with Crippen molar-refractivity contribution in [1.29, 1.82) is 5.26 Å². The van der Waals surface area contributed by atoms with Gasteiger partial charge in [-0.05, 0) is 19.3 Å². The first kappa shape index (κ1) is 8.02. The van der Waals surface area contributed by atoms with Crippen molar-refractivity contribution in [2.45, 2.75) is 25.3 Å². The Hall–Kier alpha value is -1.08. The molecule has 0 spiro atoms. The maximum absolute atomic E-state index is 11.0. The molecule has 60 valence electrons. The molecule has 4 nitrogen and oxygen atoms in total. The van der Waals surface area contributed by atoms with Crippen LogP contribution in [0.5, 0.6) is 0 Å². The van der Waals surface area contributed by atoms with Gasteiger partial charge in [-0.25, -0.2) is 0 Å². The molecule has 0 bridgehead atoms. The Kier molecular flexibility index (Phi) is 2.44. The molecule has 2 unspecified atom stereocenters. The topological polar surface area (TPSA) is 78.9 Å². The van der Waals surface area contributed by atoms with E-state index < -0.39 is 0 Å². The number of nitriles is 1. The van der Waals surface area contributed by atoms with Crippen molar-refractivity contribution in [3.63, 3.8) is 0 Å². The van der Waals surface area contributed by atoms with Crippen molar-refractivity contribution in [1.82, 2.24) is 5.32 Å². The predicted molar refractivity (Wildman–Crippen MR) is 39.1 cm³/mol. The molecular formula is C7H11N3O. The van der Waals surface area contributed by atoms with Crippen LogP contribution in [0.3, 0.4) is 0 Å². The summed E-state index contributed by atoms with van der Waals surface area (Å²) in [4.78, 5) is 11.0. The predicted octanol–water partition coefficient (Wildman–Crippen LogP) is -0.289. The average molecular weight is 153 g/mol. The Bertz CT molecular complexity index is 196. The molecule has 0 saturated heterocycles. The lowest BCUT2D eigenvalue weighted by atomic mass is 10.1.